The fraction of sp³-hybridized carbons (Fsp3) is 0.750. The molecular weight excluding hydrogens is 408 g/mol. The minimum absolute atomic E-state index is 0.120. The molecule has 11 nitrogen and oxygen atoms in total. The number of carbonyl (C=O) groups is 5. The number of hydrogen-bond donors (Lipinski definition) is 6. The van der Waals surface area contributed by atoms with Gasteiger partial charge in [-0.05, 0) is 17.8 Å². The summed E-state index contributed by atoms with van der Waals surface area (Å²) in [6.07, 6.45) is -0.0955. The van der Waals surface area contributed by atoms with Crippen LogP contribution in [0.25, 0.3) is 0 Å². The summed E-state index contributed by atoms with van der Waals surface area (Å²) in [5.74, 6) is -5.86. The van der Waals surface area contributed by atoms with E-state index < -0.39 is 66.2 Å². The minimum atomic E-state index is -1.52. The maximum absolute atomic E-state index is 12.8. The monoisotopic (exact) mass is 444 g/mol. The van der Waals surface area contributed by atoms with Crippen molar-refractivity contribution in [2.45, 2.75) is 78.6 Å². The quantitative estimate of drug-likeness (QED) is 0.223. The number of nitrogens with two attached hydrogens (primary N) is 1. The molecule has 0 aliphatic heterocycles. The van der Waals surface area contributed by atoms with E-state index in [0.29, 0.717) is 6.42 Å². The minimum Gasteiger partial charge on any atom is -0.481 e. The Morgan fingerprint density at radius 1 is 0.774 bits per heavy atom. The molecule has 5 atom stereocenters. The van der Waals surface area contributed by atoms with E-state index in [0.717, 1.165) is 0 Å². The number of aliphatic carboxylic acids is 2. The van der Waals surface area contributed by atoms with Crippen molar-refractivity contribution in [1.82, 2.24) is 16.0 Å². The second kappa shape index (κ2) is 12.9. The topological polar surface area (TPSA) is 188 Å². The first-order valence-corrected chi connectivity index (χ1v) is 10.3. The molecule has 0 aromatic carbocycles. The summed E-state index contributed by atoms with van der Waals surface area (Å²) in [4.78, 5) is 60.2. The van der Waals surface area contributed by atoms with E-state index >= 15 is 0 Å². The summed E-state index contributed by atoms with van der Waals surface area (Å²) in [6, 6.07) is -4.67. The Labute approximate surface area is 182 Å². The highest BCUT2D eigenvalue weighted by molar-refractivity contribution is 5.95. The smallest absolute Gasteiger partial charge is 0.326 e. The molecule has 0 aliphatic carbocycles. The Balaban J connectivity index is 5.49. The van der Waals surface area contributed by atoms with Crippen molar-refractivity contribution in [3.05, 3.63) is 0 Å². The van der Waals surface area contributed by atoms with Gasteiger partial charge in [0.05, 0.1) is 12.5 Å². The molecule has 0 saturated carbocycles. The molecule has 11 heteroatoms. The number of carbonyl (C=O) groups excluding carboxylic acids is 3. The molecule has 0 rings (SSSR count). The van der Waals surface area contributed by atoms with Crippen LogP contribution in [0.2, 0.25) is 0 Å². The number of hydrogen-bond acceptors (Lipinski definition) is 6. The third kappa shape index (κ3) is 9.33. The van der Waals surface area contributed by atoms with Gasteiger partial charge in [-0.3, -0.25) is 19.2 Å². The molecular formula is C20H36N4O7. The Hall–Kier alpha value is -2.69. The second-order valence-electron chi connectivity index (χ2n) is 8.37. The van der Waals surface area contributed by atoms with E-state index in [1.807, 2.05) is 6.92 Å². The van der Waals surface area contributed by atoms with Gasteiger partial charge in [0.1, 0.15) is 18.1 Å². The highest BCUT2D eigenvalue weighted by Crippen LogP contribution is 2.09. The number of nitrogens with one attached hydrogen (secondary N) is 3. The lowest BCUT2D eigenvalue weighted by molar-refractivity contribution is -0.144. The highest BCUT2D eigenvalue weighted by Gasteiger charge is 2.33. The van der Waals surface area contributed by atoms with Crippen molar-refractivity contribution >= 4 is 29.7 Å². The number of carboxylic acids is 2. The van der Waals surface area contributed by atoms with Gasteiger partial charge in [-0.2, -0.15) is 0 Å². The molecule has 0 radical (unpaired) electrons. The van der Waals surface area contributed by atoms with Crippen LogP contribution in [0.15, 0.2) is 0 Å². The summed E-state index contributed by atoms with van der Waals surface area (Å²) in [5, 5.41) is 25.5. The van der Waals surface area contributed by atoms with Gasteiger partial charge in [0, 0.05) is 0 Å². The van der Waals surface area contributed by atoms with E-state index in [-0.39, 0.29) is 11.8 Å². The van der Waals surface area contributed by atoms with Crippen LogP contribution in [0.4, 0.5) is 0 Å². The molecule has 0 heterocycles. The molecule has 31 heavy (non-hydrogen) atoms. The fourth-order valence-electron chi connectivity index (χ4n) is 2.71. The average molecular weight is 445 g/mol. The second-order valence-corrected chi connectivity index (χ2v) is 8.37. The van der Waals surface area contributed by atoms with Crippen LogP contribution < -0.4 is 21.7 Å². The van der Waals surface area contributed by atoms with Gasteiger partial charge >= 0.3 is 11.9 Å². The first kappa shape index (κ1) is 28.3. The molecule has 0 bridgehead atoms. The van der Waals surface area contributed by atoms with E-state index in [4.69, 9.17) is 10.8 Å². The van der Waals surface area contributed by atoms with Crippen LogP contribution in [-0.2, 0) is 24.0 Å². The Kier molecular flexibility index (Phi) is 11.8. The van der Waals surface area contributed by atoms with Gasteiger partial charge in [0.2, 0.25) is 17.7 Å². The third-order valence-electron chi connectivity index (χ3n) is 5.05. The van der Waals surface area contributed by atoms with Crippen molar-refractivity contribution in [1.29, 1.82) is 0 Å². The van der Waals surface area contributed by atoms with Crippen molar-refractivity contribution in [3.63, 3.8) is 0 Å². The van der Waals surface area contributed by atoms with Gasteiger partial charge in [0.25, 0.3) is 0 Å². The SMILES string of the molecule is CCC(C)C(N)C(=O)NC(C(=O)NC(CC(=O)O)C(=O)NC(C(=O)O)C(C)C)C(C)C. The zero-order chi connectivity index (χ0) is 24.5. The van der Waals surface area contributed by atoms with E-state index in [2.05, 4.69) is 16.0 Å². The van der Waals surface area contributed by atoms with E-state index in [1.165, 1.54) is 0 Å². The molecule has 7 N–H and O–H groups in total. The summed E-state index contributed by atoms with van der Waals surface area (Å²) in [7, 11) is 0. The Bertz CT molecular complexity index is 666. The Morgan fingerprint density at radius 3 is 1.65 bits per heavy atom. The molecule has 0 saturated heterocycles. The lowest BCUT2D eigenvalue weighted by Crippen LogP contribution is -2.59. The largest absolute Gasteiger partial charge is 0.481 e. The summed E-state index contributed by atoms with van der Waals surface area (Å²) >= 11 is 0. The van der Waals surface area contributed by atoms with Gasteiger partial charge in [0.15, 0.2) is 0 Å². The standard InChI is InChI=1S/C20H36N4O7/c1-7-11(6)14(21)18(28)23-15(9(2)3)19(29)22-12(8-13(25)26)17(27)24-16(10(4)5)20(30)31/h9-12,14-16H,7-8,21H2,1-6H3,(H,22,29)(H,23,28)(H,24,27)(H,25,26)(H,30,31). The zero-order valence-electron chi connectivity index (χ0n) is 19.0. The van der Waals surface area contributed by atoms with E-state index in [1.54, 1.807) is 34.6 Å². The predicted molar refractivity (Wildman–Crippen MR) is 113 cm³/mol. The van der Waals surface area contributed by atoms with Crippen LogP contribution in [0.1, 0.15) is 54.4 Å². The van der Waals surface area contributed by atoms with Gasteiger partial charge < -0.3 is 31.9 Å². The van der Waals surface area contributed by atoms with Crippen molar-refractivity contribution in [2.24, 2.45) is 23.5 Å². The molecule has 178 valence electrons. The van der Waals surface area contributed by atoms with Crippen molar-refractivity contribution < 1.29 is 34.2 Å². The van der Waals surface area contributed by atoms with Crippen LogP contribution in [0.5, 0.6) is 0 Å². The maximum atomic E-state index is 12.8. The fourth-order valence-corrected chi connectivity index (χ4v) is 2.71. The van der Waals surface area contributed by atoms with Crippen molar-refractivity contribution in [3.8, 4) is 0 Å². The normalized spacial score (nSPS) is 16.0. The lowest BCUT2D eigenvalue weighted by atomic mass is 9.97. The molecule has 0 aromatic rings. The molecule has 5 unspecified atom stereocenters. The third-order valence-corrected chi connectivity index (χ3v) is 5.05. The van der Waals surface area contributed by atoms with Crippen LogP contribution in [0.3, 0.4) is 0 Å². The summed E-state index contributed by atoms with van der Waals surface area (Å²) in [6.45, 7) is 10.2. The Morgan fingerprint density at radius 2 is 1.26 bits per heavy atom. The first-order valence-electron chi connectivity index (χ1n) is 10.3. The predicted octanol–water partition coefficient (Wildman–Crippen LogP) is -0.314. The summed E-state index contributed by atoms with van der Waals surface area (Å²) in [5.41, 5.74) is 5.91. The molecule has 0 aromatic heterocycles. The lowest BCUT2D eigenvalue weighted by Gasteiger charge is -2.27. The van der Waals surface area contributed by atoms with Crippen LogP contribution >= 0.6 is 0 Å². The first-order chi connectivity index (χ1) is 14.2. The van der Waals surface area contributed by atoms with Gasteiger partial charge in [-0.15, -0.1) is 0 Å². The highest BCUT2D eigenvalue weighted by atomic mass is 16.4. The summed E-state index contributed by atoms with van der Waals surface area (Å²) < 4.78 is 0. The zero-order valence-corrected chi connectivity index (χ0v) is 19.0. The number of rotatable bonds is 13. The molecule has 0 spiro atoms. The number of amides is 3. The van der Waals surface area contributed by atoms with Crippen molar-refractivity contribution in [2.75, 3.05) is 0 Å². The van der Waals surface area contributed by atoms with Crippen LogP contribution in [0, 0.1) is 17.8 Å². The molecule has 0 aliphatic rings. The van der Waals surface area contributed by atoms with E-state index in [9.17, 15) is 29.1 Å². The number of carboxylic acid groups (broad SMARTS) is 2. The van der Waals surface area contributed by atoms with Crippen LogP contribution in [-0.4, -0.2) is 64.0 Å². The van der Waals surface area contributed by atoms with Gasteiger partial charge in [-0.25, -0.2) is 4.79 Å². The molecule has 0 fully saturated rings. The average Bonchev–Trinajstić information content (AvgIpc) is 2.66. The van der Waals surface area contributed by atoms with Gasteiger partial charge in [-0.1, -0.05) is 48.0 Å². The maximum Gasteiger partial charge on any atom is 0.326 e. The molecule has 3 amide bonds.